The minimum Gasteiger partial charge on any atom is -0.457 e. The summed E-state index contributed by atoms with van der Waals surface area (Å²) in [7, 11) is 1.70. The lowest BCUT2D eigenvalue weighted by Crippen LogP contribution is -2.37. The topological polar surface area (TPSA) is 91.3 Å². The molecule has 0 fully saturated rings. The van der Waals surface area contributed by atoms with Crippen LogP contribution in [0.15, 0.2) is 0 Å². The van der Waals surface area contributed by atoms with Crippen molar-refractivity contribution in [1.82, 2.24) is 0 Å². The van der Waals surface area contributed by atoms with E-state index in [1.165, 1.54) is 270 Å². The summed E-state index contributed by atoms with van der Waals surface area (Å²) in [4.78, 5) is 23.1. The number of hydrogen-bond acceptors (Lipinski definition) is 6. The molecule has 1 N–H and O–H groups in total. The van der Waals surface area contributed by atoms with Crippen molar-refractivity contribution in [2.24, 2.45) is 0 Å². The van der Waals surface area contributed by atoms with Crippen LogP contribution in [0.3, 0.4) is 0 Å². The maximum absolute atomic E-state index is 12.8. The molecule has 0 saturated carbocycles. The summed E-state index contributed by atoms with van der Waals surface area (Å²) < 4.78 is 35.3. The summed E-state index contributed by atoms with van der Waals surface area (Å²) >= 11 is 0. The molecule has 0 aliphatic rings. The van der Waals surface area contributed by atoms with Crippen molar-refractivity contribution in [3.05, 3.63) is 0 Å². The Morgan fingerprint density at radius 3 is 0.957 bits per heavy atom. The normalized spacial score (nSPS) is 13.3. The standard InChI is InChI=1S/C60H122NO7P/c1-6-8-10-12-14-16-18-20-22-24-26-28-30-32-34-36-38-40-42-44-46-48-50-52-55-65-57-59(58-67-69(63,64)66-56-54-61(3,4)5)68-60(62)53-51-49-47-45-43-41-39-37-35-33-31-29-27-25-23-21-19-17-15-13-11-9-7-2/h59H,6-58H2,1-5H3/p+1. The van der Waals surface area contributed by atoms with Crippen LogP contribution >= 0.6 is 7.82 Å². The number of nitrogens with zero attached hydrogens (tertiary/aromatic N) is 1. The van der Waals surface area contributed by atoms with E-state index in [1.54, 1.807) is 0 Å². The van der Waals surface area contributed by atoms with Gasteiger partial charge in [0.15, 0.2) is 0 Å². The Balaban J connectivity index is 3.97. The molecule has 0 rings (SSSR count). The first-order chi connectivity index (χ1) is 33.6. The third kappa shape index (κ3) is 58.3. The summed E-state index contributed by atoms with van der Waals surface area (Å²) in [6.07, 6.45) is 63.2. The van der Waals surface area contributed by atoms with Crippen LogP contribution in [-0.4, -0.2) is 75.6 Å². The van der Waals surface area contributed by atoms with Crippen molar-refractivity contribution in [3.8, 4) is 0 Å². The minimum atomic E-state index is -4.28. The molecule has 0 spiro atoms. The van der Waals surface area contributed by atoms with Crippen LogP contribution < -0.4 is 0 Å². The van der Waals surface area contributed by atoms with Gasteiger partial charge in [-0.2, -0.15) is 0 Å². The van der Waals surface area contributed by atoms with E-state index in [4.69, 9.17) is 18.5 Å². The molecule has 0 bridgehead atoms. The van der Waals surface area contributed by atoms with Gasteiger partial charge in [0.25, 0.3) is 0 Å². The number of rotatable bonds is 59. The van der Waals surface area contributed by atoms with Crippen LogP contribution in [0.1, 0.15) is 322 Å². The largest absolute Gasteiger partial charge is 0.472 e. The van der Waals surface area contributed by atoms with E-state index in [9.17, 15) is 14.3 Å². The molecule has 8 nitrogen and oxygen atoms in total. The zero-order valence-corrected chi connectivity index (χ0v) is 48.2. The first-order valence-corrected chi connectivity index (χ1v) is 32.3. The van der Waals surface area contributed by atoms with Gasteiger partial charge in [0.2, 0.25) is 0 Å². The second kappa shape index (κ2) is 53.8. The predicted octanol–water partition coefficient (Wildman–Crippen LogP) is 19.5. The molecule has 2 unspecified atom stereocenters. The van der Waals surface area contributed by atoms with E-state index in [-0.39, 0.29) is 25.8 Å². The number of quaternary nitrogens is 1. The molecular weight excluding hydrogens is 878 g/mol. The Kier molecular flexibility index (Phi) is 53.4. The van der Waals surface area contributed by atoms with Gasteiger partial charge in [-0.15, -0.1) is 0 Å². The van der Waals surface area contributed by atoms with Gasteiger partial charge in [0, 0.05) is 13.0 Å². The number of ether oxygens (including phenoxy) is 2. The van der Waals surface area contributed by atoms with Gasteiger partial charge in [-0.1, -0.05) is 303 Å². The van der Waals surface area contributed by atoms with Crippen molar-refractivity contribution >= 4 is 13.8 Å². The summed E-state index contributed by atoms with van der Waals surface area (Å²) in [5, 5.41) is 0. The molecule has 0 aliphatic carbocycles. The average molecular weight is 1000 g/mol. The van der Waals surface area contributed by atoms with E-state index in [1.807, 2.05) is 21.1 Å². The van der Waals surface area contributed by atoms with Crippen LogP contribution in [0, 0.1) is 0 Å². The van der Waals surface area contributed by atoms with Crippen LogP contribution in [0.2, 0.25) is 0 Å². The lowest BCUT2D eigenvalue weighted by molar-refractivity contribution is -0.870. The van der Waals surface area contributed by atoms with Gasteiger partial charge in [-0.05, 0) is 12.8 Å². The van der Waals surface area contributed by atoms with Gasteiger partial charge in [-0.3, -0.25) is 13.8 Å². The highest BCUT2D eigenvalue weighted by Gasteiger charge is 2.26. The maximum atomic E-state index is 12.8. The number of unbranched alkanes of at least 4 members (excludes halogenated alkanes) is 45. The van der Waals surface area contributed by atoms with Crippen LogP contribution in [0.25, 0.3) is 0 Å². The molecule has 0 radical (unpaired) electrons. The number of esters is 1. The van der Waals surface area contributed by atoms with E-state index in [0.29, 0.717) is 24.1 Å². The lowest BCUT2D eigenvalue weighted by Gasteiger charge is -2.24. The molecule has 9 heteroatoms. The smallest absolute Gasteiger partial charge is 0.457 e. The first kappa shape index (κ1) is 68.5. The predicted molar refractivity (Wildman–Crippen MR) is 298 cm³/mol. The van der Waals surface area contributed by atoms with E-state index < -0.39 is 13.9 Å². The molecule has 0 aromatic rings. The Bertz CT molecular complexity index is 1070. The first-order valence-electron chi connectivity index (χ1n) is 30.8. The Labute approximate surface area is 431 Å². The quantitative estimate of drug-likeness (QED) is 0.0281. The summed E-state index contributed by atoms with van der Waals surface area (Å²) in [5.74, 6) is -0.302. The Hall–Kier alpha value is -0.500. The maximum Gasteiger partial charge on any atom is 0.472 e. The molecule has 0 aromatic carbocycles. The molecular formula is C60H123NO7P+. The van der Waals surface area contributed by atoms with Crippen molar-refractivity contribution < 1.29 is 37.3 Å². The fourth-order valence-electron chi connectivity index (χ4n) is 9.44. The van der Waals surface area contributed by atoms with E-state index in [0.717, 1.165) is 32.1 Å². The van der Waals surface area contributed by atoms with Crippen molar-refractivity contribution in [3.63, 3.8) is 0 Å². The highest BCUT2D eigenvalue weighted by molar-refractivity contribution is 7.47. The number of phosphoric acid groups is 1. The Morgan fingerprint density at radius 2 is 0.667 bits per heavy atom. The highest BCUT2D eigenvalue weighted by atomic mass is 31.2. The lowest BCUT2D eigenvalue weighted by atomic mass is 10.0. The van der Waals surface area contributed by atoms with Crippen molar-refractivity contribution in [2.75, 3.05) is 54.1 Å². The summed E-state index contributed by atoms with van der Waals surface area (Å²) in [6.45, 7) is 5.73. The third-order valence-electron chi connectivity index (χ3n) is 14.2. The second-order valence-corrected chi connectivity index (χ2v) is 23.9. The van der Waals surface area contributed by atoms with E-state index >= 15 is 0 Å². The second-order valence-electron chi connectivity index (χ2n) is 22.5. The van der Waals surface area contributed by atoms with Gasteiger partial charge < -0.3 is 18.9 Å². The van der Waals surface area contributed by atoms with Crippen molar-refractivity contribution in [2.45, 2.75) is 328 Å². The number of carbonyl (C=O) groups is 1. The fourth-order valence-corrected chi connectivity index (χ4v) is 10.2. The average Bonchev–Trinajstić information content (AvgIpc) is 3.31. The third-order valence-corrected chi connectivity index (χ3v) is 15.2. The van der Waals surface area contributed by atoms with Gasteiger partial charge in [-0.25, -0.2) is 4.57 Å². The number of hydrogen-bond donors (Lipinski definition) is 1. The molecule has 2 atom stereocenters. The van der Waals surface area contributed by atoms with Crippen LogP contribution in [0.5, 0.6) is 0 Å². The minimum absolute atomic E-state index is 0.0946. The van der Waals surface area contributed by atoms with Crippen molar-refractivity contribution in [1.29, 1.82) is 0 Å². The van der Waals surface area contributed by atoms with Gasteiger partial charge in [0.05, 0.1) is 34.4 Å². The molecule has 0 aromatic heterocycles. The number of phosphoric ester groups is 1. The number of carbonyl (C=O) groups excluding carboxylic acids is 1. The van der Waals surface area contributed by atoms with Crippen LogP contribution in [-0.2, 0) is 27.9 Å². The zero-order chi connectivity index (χ0) is 50.5. The van der Waals surface area contributed by atoms with Gasteiger partial charge in [0.1, 0.15) is 19.3 Å². The molecule has 0 amide bonds. The van der Waals surface area contributed by atoms with Gasteiger partial charge >= 0.3 is 13.8 Å². The molecule has 0 aliphatic heterocycles. The van der Waals surface area contributed by atoms with Crippen LogP contribution in [0.4, 0.5) is 0 Å². The van der Waals surface area contributed by atoms with E-state index in [2.05, 4.69) is 13.8 Å². The number of likely N-dealkylation sites (N-methyl/N-ethyl adjacent to an activating group) is 1. The summed E-state index contributed by atoms with van der Waals surface area (Å²) in [6, 6.07) is 0. The molecule has 69 heavy (non-hydrogen) atoms. The summed E-state index contributed by atoms with van der Waals surface area (Å²) in [5.41, 5.74) is 0. The molecule has 414 valence electrons. The zero-order valence-electron chi connectivity index (χ0n) is 47.3. The SMILES string of the molecule is CCCCCCCCCCCCCCCCCCCCCCCCCCOCC(COP(=O)(O)OCC[N+](C)(C)C)OC(=O)CCCCCCCCCCCCCCCCCCCCCCCCC. The molecule has 0 saturated heterocycles. The molecule has 0 heterocycles. The Morgan fingerprint density at radius 1 is 0.391 bits per heavy atom. The highest BCUT2D eigenvalue weighted by Crippen LogP contribution is 2.43. The fraction of sp³-hybridized carbons (Fsp3) is 0.983. The monoisotopic (exact) mass is 1000 g/mol.